The Morgan fingerprint density at radius 1 is 0.391 bits per heavy atom. The number of hydrogen-bond acceptors (Lipinski definition) is 14. The van der Waals surface area contributed by atoms with Gasteiger partial charge in [-0.1, -0.05) is 129 Å². The Bertz CT molecular complexity index is 2230. The molecule has 2 radical (unpaired) electrons. The van der Waals surface area contributed by atoms with E-state index in [1.165, 1.54) is 19.9 Å². The second-order valence-corrected chi connectivity index (χ2v) is 12.6. The van der Waals surface area contributed by atoms with Gasteiger partial charge in [0.1, 0.15) is 11.6 Å². The molecule has 3 heterocycles. The number of ketones is 1. The summed E-state index contributed by atoms with van der Waals surface area (Å²) in [6.45, 7) is 2.85. The Kier molecular flexibility index (Phi) is 22.0. The first kappa shape index (κ1) is 51.0. The Morgan fingerprint density at radius 3 is 0.812 bits per heavy atom. The number of rotatable bonds is 7. The number of aliphatic hydroxyl groups excluding tert-OH is 1. The first-order valence-corrected chi connectivity index (χ1v) is 18.7. The third-order valence-electron chi connectivity index (χ3n) is 7.88. The van der Waals surface area contributed by atoms with Crippen molar-refractivity contribution in [2.45, 2.75) is 21.3 Å². The number of aliphatic hydroxyl groups is 1. The van der Waals surface area contributed by atoms with Crippen molar-refractivity contribution in [3.8, 4) is 68.3 Å². The topological polar surface area (TPSA) is 192 Å². The molecule has 6 aromatic carbocycles. The van der Waals surface area contributed by atoms with Gasteiger partial charge >= 0.3 is 0 Å². The molecule has 1 N–H and O–H groups in total. The van der Waals surface area contributed by atoms with Crippen molar-refractivity contribution < 1.29 is 50.1 Å². The van der Waals surface area contributed by atoms with Crippen molar-refractivity contribution in [2.75, 3.05) is 0 Å². The number of allylic oxidation sites excluding steroid dienone is 2. The normalized spacial score (nSPS) is 9.88. The summed E-state index contributed by atoms with van der Waals surface area (Å²) in [4.78, 5) is 10.0. The molecular weight excluding hydrogens is 1160 g/mol. The van der Waals surface area contributed by atoms with Crippen LogP contribution in [0.3, 0.4) is 0 Å². The van der Waals surface area contributed by atoms with Gasteiger partial charge in [-0.05, 0) is 13.8 Å². The summed E-state index contributed by atoms with van der Waals surface area (Å²) >= 11 is 0. The van der Waals surface area contributed by atoms with Gasteiger partial charge in [-0.2, -0.15) is 20.4 Å². The first-order valence-electron chi connectivity index (χ1n) is 18.7. The standard InChI is InChI=1S/C14H10N4.2C14H9N4.C5H8O2.CH4.2Ir/c3*1-3-7-11(8-4-1)13-15-17-14(18-16-13)12-9-5-2-6-10-12;1-4(6)3-5(2)7;;;/h1-10H;2*1-9H;3,6H,1-2H3;1H4;;/q;2*-1;;;;. The molecule has 14 nitrogen and oxygen atoms in total. The molecule has 9 aromatic rings. The van der Waals surface area contributed by atoms with Crippen LogP contribution in [0.15, 0.2) is 182 Å². The summed E-state index contributed by atoms with van der Waals surface area (Å²) in [6, 6.07) is 59.7. The number of aromatic nitrogens is 12. The zero-order chi connectivity index (χ0) is 42.5. The molecule has 16 heteroatoms. The van der Waals surface area contributed by atoms with Gasteiger partial charge in [-0.15, -0.1) is 113 Å². The van der Waals surface area contributed by atoms with Gasteiger partial charge < -0.3 is 5.11 Å². The van der Waals surface area contributed by atoms with Gasteiger partial charge in [0.15, 0.2) is 5.78 Å². The van der Waals surface area contributed by atoms with E-state index < -0.39 is 0 Å². The van der Waals surface area contributed by atoms with Crippen LogP contribution >= 0.6 is 0 Å². The molecule has 0 fully saturated rings. The fourth-order valence-electron chi connectivity index (χ4n) is 5.07. The molecular formula is C48H40Ir2N12O2-2. The van der Waals surface area contributed by atoms with Crippen molar-refractivity contribution in [2.24, 2.45) is 0 Å². The molecule has 0 saturated heterocycles. The van der Waals surface area contributed by atoms with Crippen LogP contribution < -0.4 is 0 Å². The van der Waals surface area contributed by atoms with E-state index in [1.54, 1.807) is 0 Å². The van der Waals surface area contributed by atoms with Crippen LogP contribution in [-0.2, 0) is 45.0 Å². The molecule has 0 atom stereocenters. The van der Waals surface area contributed by atoms with Crippen LogP contribution in [0.1, 0.15) is 21.3 Å². The summed E-state index contributed by atoms with van der Waals surface area (Å²) in [5.41, 5.74) is 5.21. The molecule has 0 aliphatic carbocycles. The van der Waals surface area contributed by atoms with Crippen LogP contribution in [0, 0.1) is 12.1 Å². The number of hydrogen-bond donors (Lipinski definition) is 1. The fraction of sp³-hybridized carbons (Fsp3) is 0.0625. The number of benzene rings is 6. The van der Waals surface area contributed by atoms with Crippen LogP contribution in [-0.4, -0.2) is 72.1 Å². The van der Waals surface area contributed by atoms with E-state index in [9.17, 15) is 4.79 Å². The molecule has 0 saturated carbocycles. The number of carbonyl (C=O) groups excluding carboxylic acids is 1. The maximum Gasteiger partial charge on any atom is 0.203 e. The second kappa shape index (κ2) is 27.6. The average Bonchev–Trinajstić information content (AvgIpc) is 3.34. The molecule has 0 amide bonds. The third kappa shape index (κ3) is 16.2. The third-order valence-corrected chi connectivity index (χ3v) is 7.88. The van der Waals surface area contributed by atoms with Gasteiger partial charge in [0, 0.05) is 68.5 Å². The maximum atomic E-state index is 10.0. The molecule has 0 aliphatic heterocycles. The Balaban J connectivity index is 0.000000233. The SMILES string of the molecule is C.CC(=O)C=C(C)O.[Ir].[Ir].[c-]1ccccc1-c1nnc(-c2ccccc2)nn1.[c-]1ccccc1-c1nnc(-c2ccccc2)nn1.c1ccc(-c2nnc(-c3ccccc3)nn2)cc1. The van der Waals surface area contributed by atoms with Crippen LogP contribution in [0.25, 0.3) is 68.3 Å². The molecule has 3 aromatic heterocycles. The van der Waals surface area contributed by atoms with Crippen molar-refractivity contribution in [3.63, 3.8) is 0 Å². The van der Waals surface area contributed by atoms with Crippen molar-refractivity contribution in [1.29, 1.82) is 0 Å². The van der Waals surface area contributed by atoms with Gasteiger partial charge in [-0.3, -0.25) is 4.79 Å². The van der Waals surface area contributed by atoms with Crippen LogP contribution in [0.5, 0.6) is 0 Å². The molecule has 0 aliphatic rings. The van der Waals surface area contributed by atoms with E-state index >= 15 is 0 Å². The zero-order valence-corrected chi connectivity index (χ0v) is 38.4. The Labute approximate surface area is 398 Å². The van der Waals surface area contributed by atoms with Gasteiger partial charge in [0.05, 0.1) is 5.76 Å². The van der Waals surface area contributed by atoms with E-state index in [-0.39, 0.29) is 59.2 Å². The largest absolute Gasteiger partial charge is 0.512 e. The summed E-state index contributed by atoms with van der Waals surface area (Å²) < 4.78 is 0. The van der Waals surface area contributed by atoms with E-state index in [1.807, 2.05) is 170 Å². The second-order valence-electron chi connectivity index (χ2n) is 12.6. The van der Waals surface area contributed by atoms with E-state index in [0.29, 0.717) is 34.9 Å². The maximum absolute atomic E-state index is 10.0. The van der Waals surface area contributed by atoms with Crippen molar-refractivity contribution in [3.05, 3.63) is 194 Å². The molecule has 0 unspecified atom stereocenters. The van der Waals surface area contributed by atoms with Crippen molar-refractivity contribution in [1.82, 2.24) is 61.2 Å². The summed E-state index contributed by atoms with van der Waals surface area (Å²) in [5.74, 6) is 3.02. The molecule has 64 heavy (non-hydrogen) atoms. The molecule has 0 spiro atoms. The van der Waals surface area contributed by atoms with E-state index in [4.69, 9.17) is 5.11 Å². The Hall–Kier alpha value is -7.35. The minimum atomic E-state index is -0.125. The van der Waals surface area contributed by atoms with Crippen LogP contribution in [0.2, 0.25) is 0 Å². The van der Waals surface area contributed by atoms with E-state index in [2.05, 4.69) is 73.3 Å². The Morgan fingerprint density at radius 2 is 0.625 bits per heavy atom. The van der Waals surface area contributed by atoms with E-state index in [0.717, 1.165) is 33.4 Å². The monoisotopic (exact) mass is 1200 g/mol. The minimum absolute atomic E-state index is 0. The van der Waals surface area contributed by atoms with Crippen LogP contribution in [0.4, 0.5) is 0 Å². The predicted octanol–water partition coefficient (Wildman–Crippen LogP) is 9.07. The summed E-state index contributed by atoms with van der Waals surface area (Å²) in [5, 5.41) is 57.4. The van der Waals surface area contributed by atoms with Gasteiger partial charge in [0.25, 0.3) is 0 Å². The number of nitrogens with zero attached hydrogens (tertiary/aromatic N) is 12. The smallest absolute Gasteiger partial charge is 0.203 e. The fourth-order valence-corrected chi connectivity index (χ4v) is 5.07. The minimum Gasteiger partial charge on any atom is -0.512 e. The van der Waals surface area contributed by atoms with Gasteiger partial charge in [-0.25, -0.2) is 0 Å². The van der Waals surface area contributed by atoms with Gasteiger partial charge in [0.2, 0.25) is 23.3 Å². The van der Waals surface area contributed by atoms with Crippen molar-refractivity contribution >= 4 is 5.78 Å². The molecule has 324 valence electrons. The number of carbonyl (C=O) groups is 1. The zero-order valence-electron chi connectivity index (χ0n) is 33.6. The quantitative estimate of drug-likeness (QED) is 0.0903. The first-order chi connectivity index (χ1) is 29.9. The predicted molar refractivity (Wildman–Crippen MR) is 237 cm³/mol. The summed E-state index contributed by atoms with van der Waals surface area (Å²) in [7, 11) is 0. The molecule has 0 bridgehead atoms. The summed E-state index contributed by atoms with van der Waals surface area (Å²) in [6.07, 6.45) is 1.17. The molecule has 9 rings (SSSR count). The average molecular weight is 1200 g/mol.